The molecule has 0 aromatic heterocycles. The Kier molecular flexibility index (Phi) is 12.1. The van der Waals surface area contributed by atoms with Crippen LogP contribution in [0.4, 0.5) is 0 Å². The van der Waals surface area contributed by atoms with Crippen LogP contribution < -0.4 is 5.32 Å². The molecular formula is C5H11CuNS2+2. The van der Waals surface area contributed by atoms with Crippen LogP contribution in [0.15, 0.2) is 0 Å². The first-order valence-corrected chi connectivity index (χ1v) is 3.59. The Bertz CT molecular complexity index is 77.4. The Morgan fingerprint density at radius 2 is 2.22 bits per heavy atom. The second-order valence-corrected chi connectivity index (χ2v) is 2.74. The Labute approximate surface area is 77.9 Å². The van der Waals surface area contributed by atoms with Gasteiger partial charge in [-0.25, -0.2) is 0 Å². The first-order valence-electron chi connectivity index (χ1n) is 2.74. The summed E-state index contributed by atoms with van der Waals surface area (Å²) in [6.07, 6.45) is 2.37. The largest absolute Gasteiger partial charge is 2.00 e. The molecule has 0 amide bonds. The minimum atomic E-state index is 0. The van der Waals surface area contributed by atoms with E-state index in [1.54, 1.807) is 0 Å². The molecule has 0 aliphatic carbocycles. The van der Waals surface area contributed by atoms with Crippen molar-refractivity contribution in [1.29, 1.82) is 0 Å². The van der Waals surface area contributed by atoms with Crippen molar-refractivity contribution in [3.8, 4) is 0 Å². The average Bonchev–Trinajstić information content (AvgIpc) is 1.66. The summed E-state index contributed by atoms with van der Waals surface area (Å²) in [6.45, 7) is 3.10. The second kappa shape index (κ2) is 8.76. The van der Waals surface area contributed by atoms with Gasteiger partial charge in [-0.3, -0.25) is 0 Å². The zero-order valence-electron chi connectivity index (χ0n) is 5.28. The maximum atomic E-state index is 4.66. The van der Waals surface area contributed by atoms with Gasteiger partial charge in [0.05, 0.1) is 0 Å². The molecule has 0 fully saturated rings. The quantitative estimate of drug-likeness (QED) is 0.319. The van der Waals surface area contributed by atoms with Crippen LogP contribution in [0.5, 0.6) is 0 Å². The summed E-state index contributed by atoms with van der Waals surface area (Å²) in [4.78, 5) is 0. The normalized spacial score (nSPS) is 7.78. The van der Waals surface area contributed by atoms with Gasteiger partial charge in [-0.05, 0) is 6.42 Å². The summed E-state index contributed by atoms with van der Waals surface area (Å²) in [6, 6.07) is 0. The van der Waals surface area contributed by atoms with Gasteiger partial charge >= 0.3 is 17.1 Å². The Hall–Kier alpha value is 0.759. The van der Waals surface area contributed by atoms with Crippen LogP contribution in [0.2, 0.25) is 0 Å². The molecule has 1 nitrogen and oxygen atoms in total. The third-order valence-corrected chi connectivity index (χ3v) is 1.11. The number of hydrogen-bond donors (Lipinski definition) is 2. The Morgan fingerprint density at radius 1 is 1.67 bits per heavy atom. The number of hydrogen-bond acceptors (Lipinski definition) is 1. The van der Waals surface area contributed by atoms with Gasteiger partial charge in [-0.2, -0.15) is 0 Å². The number of rotatable bonds is 3. The fraction of sp³-hybridized carbons (Fsp3) is 0.800. The minimum absolute atomic E-state index is 0. The van der Waals surface area contributed by atoms with Crippen molar-refractivity contribution in [2.75, 3.05) is 6.54 Å². The summed E-state index contributed by atoms with van der Waals surface area (Å²) in [5.41, 5.74) is 0. The summed E-state index contributed by atoms with van der Waals surface area (Å²) in [7, 11) is 0. The van der Waals surface area contributed by atoms with E-state index in [1.807, 2.05) is 0 Å². The van der Waals surface area contributed by atoms with Crippen LogP contribution >= 0.6 is 24.8 Å². The number of thiocarbonyl (C=S) groups is 1. The Morgan fingerprint density at radius 3 is 2.56 bits per heavy atom. The standard InChI is InChI=1S/C5H11NS2.Cu/c1-2-3-4-6-5(7)8;/h2-4H2,1H3,(H2,6,7,8);/q;+2. The summed E-state index contributed by atoms with van der Waals surface area (Å²) < 4.78 is 0.596. The third kappa shape index (κ3) is 12.1. The minimum Gasteiger partial charge on any atom is -0.371 e. The van der Waals surface area contributed by atoms with E-state index < -0.39 is 0 Å². The van der Waals surface area contributed by atoms with E-state index in [0.29, 0.717) is 4.32 Å². The van der Waals surface area contributed by atoms with Crippen molar-refractivity contribution < 1.29 is 17.1 Å². The molecule has 0 spiro atoms. The van der Waals surface area contributed by atoms with Crippen LogP contribution in [0.25, 0.3) is 0 Å². The van der Waals surface area contributed by atoms with E-state index >= 15 is 0 Å². The van der Waals surface area contributed by atoms with Crippen LogP contribution in [-0.4, -0.2) is 10.9 Å². The molecule has 0 unspecified atom stereocenters. The number of unbranched alkanes of at least 4 members (excludes halogenated alkanes) is 1. The zero-order valence-corrected chi connectivity index (χ0v) is 7.93. The zero-order chi connectivity index (χ0) is 6.41. The topological polar surface area (TPSA) is 12.0 Å². The summed E-state index contributed by atoms with van der Waals surface area (Å²) in [5, 5.41) is 2.94. The molecular weight excluding hydrogens is 202 g/mol. The van der Waals surface area contributed by atoms with E-state index in [-0.39, 0.29) is 17.1 Å². The maximum Gasteiger partial charge on any atom is 2.00 e. The van der Waals surface area contributed by atoms with E-state index in [4.69, 9.17) is 0 Å². The third-order valence-electron chi connectivity index (χ3n) is 0.807. The van der Waals surface area contributed by atoms with Gasteiger partial charge in [0.15, 0.2) is 0 Å². The first-order chi connectivity index (χ1) is 3.77. The summed E-state index contributed by atoms with van der Waals surface area (Å²) in [5.74, 6) is 0. The fourth-order valence-corrected chi connectivity index (χ4v) is 0.586. The van der Waals surface area contributed by atoms with E-state index in [9.17, 15) is 0 Å². The van der Waals surface area contributed by atoms with Crippen molar-refractivity contribution in [3.63, 3.8) is 0 Å². The molecule has 0 saturated heterocycles. The van der Waals surface area contributed by atoms with Crippen molar-refractivity contribution in [1.82, 2.24) is 5.32 Å². The number of nitrogens with one attached hydrogen (secondary N) is 1. The molecule has 0 aliphatic rings. The fourth-order valence-electron chi connectivity index (χ4n) is 0.372. The van der Waals surface area contributed by atoms with Crippen molar-refractivity contribution in [2.45, 2.75) is 19.8 Å². The molecule has 1 radical (unpaired) electrons. The van der Waals surface area contributed by atoms with Crippen molar-refractivity contribution >= 4 is 29.2 Å². The summed E-state index contributed by atoms with van der Waals surface area (Å²) >= 11 is 8.55. The van der Waals surface area contributed by atoms with Gasteiger partial charge in [-0.15, -0.1) is 12.6 Å². The van der Waals surface area contributed by atoms with E-state index in [1.165, 1.54) is 12.8 Å². The number of thiol groups is 1. The average molecular weight is 213 g/mol. The maximum absolute atomic E-state index is 4.66. The smallest absolute Gasteiger partial charge is 0.371 e. The molecule has 0 rings (SSSR count). The van der Waals surface area contributed by atoms with Gasteiger partial charge in [0.2, 0.25) is 0 Å². The molecule has 4 heteroatoms. The van der Waals surface area contributed by atoms with Crippen LogP contribution in [0.3, 0.4) is 0 Å². The van der Waals surface area contributed by atoms with Crippen LogP contribution in [-0.2, 0) is 17.1 Å². The van der Waals surface area contributed by atoms with Crippen molar-refractivity contribution in [2.24, 2.45) is 0 Å². The van der Waals surface area contributed by atoms with Gasteiger partial charge in [0.1, 0.15) is 4.32 Å². The first kappa shape index (κ1) is 12.4. The monoisotopic (exact) mass is 212 g/mol. The predicted octanol–water partition coefficient (Wildman–Crippen LogP) is 1.59. The molecule has 0 saturated carbocycles. The van der Waals surface area contributed by atoms with Crippen molar-refractivity contribution in [3.05, 3.63) is 0 Å². The molecule has 0 atom stereocenters. The molecule has 0 bridgehead atoms. The van der Waals surface area contributed by atoms with Crippen LogP contribution in [0, 0.1) is 0 Å². The van der Waals surface area contributed by atoms with E-state index in [0.717, 1.165) is 6.54 Å². The predicted molar refractivity (Wildman–Crippen MR) is 44.5 cm³/mol. The second-order valence-electron chi connectivity index (χ2n) is 1.59. The van der Waals surface area contributed by atoms with Gasteiger partial charge in [0.25, 0.3) is 0 Å². The van der Waals surface area contributed by atoms with Gasteiger partial charge < -0.3 is 5.32 Å². The molecule has 57 valence electrons. The van der Waals surface area contributed by atoms with Gasteiger partial charge in [0, 0.05) is 6.54 Å². The molecule has 0 aromatic rings. The van der Waals surface area contributed by atoms with Crippen LogP contribution in [0.1, 0.15) is 19.8 Å². The molecule has 9 heavy (non-hydrogen) atoms. The molecule has 0 aliphatic heterocycles. The molecule has 0 aromatic carbocycles. The van der Waals surface area contributed by atoms with E-state index in [2.05, 4.69) is 37.1 Å². The molecule has 0 heterocycles. The molecule has 1 N–H and O–H groups in total. The SMILES string of the molecule is CCCCNC(=S)S.[Cu+2]. The van der Waals surface area contributed by atoms with Gasteiger partial charge in [-0.1, -0.05) is 25.6 Å². The Balaban J connectivity index is 0.